The van der Waals surface area contributed by atoms with Crippen LogP contribution in [0, 0.1) is 23.2 Å². The number of anilines is 2. The van der Waals surface area contributed by atoms with E-state index in [1.54, 1.807) is 41.7 Å². The lowest BCUT2D eigenvalue weighted by molar-refractivity contribution is -0.144. The van der Waals surface area contributed by atoms with Crippen LogP contribution < -0.4 is 30.9 Å². The molecule has 75 heavy (non-hydrogen) atoms. The van der Waals surface area contributed by atoms with Crippen LogP contribution in [0.25, 0.3) is 10.4 Å². The molecule has 20 heteroatoms. The Balaban J connectivity index is 0.771. The molecule has 5 fully saturated rings. The van der Waals surface area contributed by atoms with Crippen LogP contribution in [-0.2, 0) is 30.5 Å². The van der Waals surface area contributed by atoms with Gasteiger partial charge in [0.05, 0.1) is 45.3 Å². The smallest absolute Gasteiger partial charge is 0.258 e. The minimum absolute atomic E-state index is 0.00524. The highest BCUT2D eigenvalue weighted by Crippen LogP contribution is 2.51. The number of nitrogens with zero attached hydrogens (tertiary/aromatic N) is 7. The quantitative estimate of drug-likeness (QED) is 0.0914. The first kappa shape index (κ1) is 54.4. The fourth-order valence-electron chi connectivity index (χ4n) is 10.8. The molecule has 0 unspecified atom stereocenters. The highest BCUT2D eigenvalue weighted by atomic mass is 35.5. The molecule has 5 heterocycles. The van der Waals surface area contributed by atoms with Gasteiger partial charge >= 0.3 is 0 Å². The number of thiazole rings is 1. The second-order valence-electron chi connectivity index (χ2n) is 22.8. The number of aromatic nitrogens is 3. The van der Waals surface area contributed by atoms with Gasteiger partial charge in [0.15, 0.2) is 5.67 Å². The van der Waals surface area contributed by atoms with E-state index in [2.05, 4.69) is 37.4 Å². The molecule has 3 saturated heterocycles. The SMILES string of the molecule is Cc1ncsc1-c1ccc(CNC(=O)[C@@H]2CCCN2C(=O)[C@@H](NC(=O)C2(F)CC2)C(C)(C)C)c(OC2CC3(CCN(C(=O)CC(=O)N(C)c4cccc(Sc5cnc(N6CCC(C)(CN)CC6)cn5)c4Cl)CC3)C2)c1. The number of carbonyl (C=O) groups is 5. The molecule has 16 nitrogen and oxygen atoms in total. The van der Waals surface area contributed by atoms with Gasteiger partial charge in [-0.3, -0.25) is 24.0 Å². The Morgan fingerprint density at radius 1 is 0.987 bits per heavy atom. The average molecular weight is 1090 g/mol. The third-order valence-electron chi connectivity index (χ3n) is 16.2. The van der Waals surface area contributed by atoms with Crippen molar-refractivity contribution in [2.75, 3.05) is 56.1 Å². The first-order valence-corrected chi connectivity index (χ1v) is 28.3. The predicted octanol–water partition coefficient (Wildman–Crippen LogP) is 8.12. The highest BCUT2D eigenvalue weighted by Gasteiger charge is 2.53. The van der Waals surface area contributed by atoms with E-state index in [-0.39, 0.29) is 60.5 Å². The summed E-state index contributed by atoms with van der Waals surface area (Å²) in [5.41, 5.74) is 8.49. The number of nitrogens with two attached hydrogens (primary N) is 1. The molecule has 2 aliphatic carbocycles. The zero-order valence-electron chi connectivity index (χ0n) is 43.9. The molecular formula is C55H70ClFN10O6S2. The Hall–Kier alpha value is -5.37. The van der Waals surface area contributed by atoms with E-state index in [1.807, 2.05) is 63.5 Å². The minimum atomic E-state index is -1.93. The van der Waals surface area contributed by atoms with Crippen molar-refractivity contribution in [1.82, 2.24) is 35.4 Å². The number of ether oxygens (including phenoxy) is 1. The number of nitrogens with one attached hydrogen (secondary N) is 2. The van der Waals surface area contributed by atoms with Gasteiger partial charge in [-0.15, -0.1) is 11.3 Å². The van der Waals surface area contributed by atoms with Crippen LogP contribution in [0.15, 0.2) is 64.2 Å². The van der Waals surface area contributed by atoms with Crippen LogP contribution in [0.5, 0.6) is 5.75 Å². The van der Waals surface area contributed by atoms with Crippen molar-refractivity contribution in [2.45, 2.75) is 146 Å². The van der Waals surface area contributed by atoms with Crippen molar-refractivity contribution >= 4 is 75.7 Å². The number of likely N-dealkylation sites (tertiary alicyclic amines) is 2. The summed E-state index contributed by atoms with van der Waals surface area (Å²) >= 11 is 9.82. The first-order valence-electron chi connectivity index (χ1n) is 26.2. The van der Waals surface area contributed by atoms with E-state index in [1.165, 1.54) is 21.6 Å². The molecule has 2 aromatic heterocycles. The molecule has 0 radical (unpaired) electrons. The van der Waals surface area contributed by atoms with Crippen molar-refractivity contribution < 1.29 is 33.1 Å². The third kappa shape index (κ3) is 12.1. The van der Waals surface area contributed by atoms with Crippen LogP contribution in [0.1, 0.15) is 110 Å². The largest absolute Gasteiger partial charge is 0.490 e. The van der Waals surface area contributed by atoms with E-state index < -0.39 is 35.0 Å². The molecular weight excluding hydrogens is 1020 g/mol. The number of halogens is 2. The van der Waals surface area contributed by atoms with Crippen molar-refractivity contribution in [1.29, 1.82) is 0 Å². The lowest BCUT2D eigenvalue weighted by Crippen LogP contribution is -2.58. The summed E-state index contributed by atoms with van der Waals surface area (Å²) in [6.07, 6.45) is 9.72. The van der Waals surface area contributed by atoms with E-state index in [9.17, 15) is 28.4 Å². The molecule has 3 aliphatic heterocycles. The van der Waals surface area contributed by atoms with Crippen molar-refractivity contribution in [3.63, 3.8) is 0 Å². The Bertz CT molecular complexity index is 2780. The summed E-state index contributed by atoms with van der Waals surface area (Å²) in [6, 6.07) is 9.72. The lowest BCUT2D eigenvalue weighted by Gasteiger charge is -2.51. The van der Waals surface area contributed by atoms with Gasteiger partial charge < -0.3 is 40.7 Å². The molecule has 4 N–H and O–H groups in total. The zero-order chi connectivity index (χ0) is 53.5. The van der Waals surface area contributed by atoms with Gasteiger partial charge in [0.25, 0.3) is 5.91 Å². The summed E-state index contributed by atoms with van der Waals surface area (Å²) in [5, 5.41) is 6.81. The van der Waals surface area contributed by atoms with Crippen LogP contribution in [-0.4, -0.2) is 124 Å². The number of aryl methyl sites for hydroxylation is 1. The Morgan fingerprint density at radius 3 is 2.36 bits per heavy atom. The number of benzene rings is 2. The summed E-state index contributed by atoms with van der Waals surface area (Å²) in [6.45, 7) is 13.7. The Morgan fingerprint density at radius 2 is 1.72 bits per heavy atom. The minimum Gasteiger partial charge on any atom is -0.490 e. The van der Waals surface area contributed by atoms with Crippen LogP contribution in [0.2, 0.25) is 5.02 Å². The molecule has 5 amide bonds. The molecule has 2 atom stereocenters. The number of rotatable bonds is 16. The van der Waals surface area contributed by atoms with Crippen molar-refractivity contribution in [2.24, 2.45) is 22.0 Å². The molecule has 1 spiro atoms. The van der Waals surface area contributed by atoms with Crippen molar-refractivity contribution in [3.8, 4) is 16.2 Å². The van der Waals surface area contributed by atoms with Gasteiger partial charge in [-0.25, -0.2) is 19.3 Å². The topological polar surface area (TPSA) is 196 Å². The zero-order valence-corrected chi connectivity index (χ0v) is 46.3. The van der Waals surface area contributed by atoms with Gasteiger partial charge in [-0.2, -0.15) is 0 Å². The number of hydrogen-bond acceptors (Lipinski definition) is 13. The predicted molar refractivity (Wildman–Crippen MR) is 289 cm³/mol. The van der Waals surface area contributed by atoms with Gasteiger partial charge in [-0.1, -0.05) is 69.3 Å². The summed E-state index contributed by atoms with van der Waals surface area (Å²) in [7, 11) is 1.64. The Labute approximate surface area is 452 Å². The second kappa shape index (κ2) is 21.9. The number of hydrogen-bond donors (Lipinski definition) is 3. The van der Waals surface area contributed by atoms with E-state index in [0.717, 1.165) is 84.0 Å². The average Bonchev–Trinajstić information content (AvgIpc) is 3.70. The van der Waals surface area contributed by atoms with Gasteiger partial charge in [-0.05, 0) is 118 Å². The number of piperidine rings is 2. The third-order valence-corrected chi connectivity index (χ3v) is 18.7. The molecule has 2 aromatic carbocycles. The fraction of sp³-hybridized carbons (Fsp3) is 0.564. The molecule has 9 rings (SSSR count). The van der Waals surface area contributed by atoms with Gasteiger partial charge in [0.1, 0.15) is 35.1 Å². The van der Waals surface area contributed by atoms with Crippen LogP contribution in [0.4, 0.5) is 15.9 Å². The molecule has 5 aliphatic rings. The Kier molecular flexibility index (Phi) is 15.9. The number of alkyl halides is 1. The normalized spacial score (nSPS) is 20.3. The van der Waals surface area contributed by atoms with E-state index in [0.29, 0.717) is 60.5 Å². The summed E-state index contributed by atoms with van der Waals surface area (Å²) in [5.74, 6) is -0.558. The van der Waals surface area contributed by atoms with Crippen LogP contribution >= 0.6 is 34.7 Å². The first-order chi connectivity index (χ1) is 35.7. The standard InChI is InChI=1S/C55H70ClFN10O6S2/c1-34-47(74-33-62-34)35-12-13-36(29-61-49(70)39-10-8-20-67(39)50(71)48(52(2,3)4)63-51(72)55(57)14-15-55)40(25-35)73-37-27-54(28-37)18-23-66(24-19-54)45(69)26-44(68)64(6)38-9-7-11-41(46(38)56)75-43-31-59-42(30-60-43)65-21-16-53(5,32-58)17-22-65/h7,9,11-13,25,30-31,33,37,39,48H,8,10,14-24,26-29,32,58H2,1-6H3,(H,61,70)(H,63,72)/t39-,48+/m0/s1. The van der Waals surface area contributed by atoms with Crippen molar-refractivity contribution in [3.05, 3.63) is 70.6 Å². The molecule has 2 saturated carbocycles. The fourth-order valence-corrected chi connectivity index (χ4v) is 12.8. The van der Waals surface area contributed by atoms with E-state index >= 15 is 0 Å². The maximum absolute atomic E-state index is 14.7. The molecule has 0 bridgehead atoms. The van der Waals surface area contributed by atoms with E-state index in [4.69, 9.17) is 22.1 Å². The molecule has 4 aromatic rings. The second-order valence-corrected chi connectivity index (χ2v) is 25.1. The monoisotopic (exact) mass is 1080 g/mol. The lowest BCUT2D eigenvalue weighted by atomic mass is 9.61. The molecule has 402 valence electrons. The summed E-state index contributed by atoms with van der Waals surface area (Å²) in [4.78, 5) is 90.5. The maximum atomic E-state index is 14.7. The summed E-state index contributed by atoms with van der Waals surface area (Å²) < 4.78 is 21.5. The van der Waals surface area contributed by atoms with Crippen LogP contribution in [0.3, 0.4) is 0 Å². The maximum Gasteiger partial charge on any atom is 0.258 e. The van der Waals surface area contributed by atoms with Gasteiger partial charge in [0.2, 0.25) is 23.6 Å². The highest BCUT2D eigenvalue weighted by molar-refractivity contribution is 7.99. The number of carbonyl (C=O) groups excluding carboxylic acids is 5. The number of amides is 5. The van der Waals surface area contributed by atoms with Gasteiger partial charge in [0, 0.05) is 56.8 Å².